The van der Waals surface area contributed by atoms with Crippen LogP contribution >= 0.6 is 0 Å². The Morgan fingerprint density at radius 1 is 1.33 bits per heavy atom. The molecule has 0 aliphatic heterocycles. The first-order valence-corrected chi connectivity index (χ1v) is 6.32. The summed E-state index contributed by atoms with van der Waals surface area (Å²) in [5.41, 5.74) is -0.111. The summed E-state index contributed by atoms with van der Waals surface area (Å²) in [5.74, 6) is -0.163. The number of rotatable bonds is 1. The molecule has 0 saturated carbocycles. The Hall–Kier alpha value is -1.11. The second-order valence-electron chi connectivity index (χ2n) is 6.26. The van der Waals surface area contributed by atoms with Crippen LogP contribution in [0.25, 0.3) is 0 Å². The third-order valence-electron chi connectivity index (χ3n) is 3.71. The molecule has 0 atom stereocenters. The first-order valence-electron chi connectivity index (χ1n) is 9.32. The van der Waals surface area contributed by atoms with Gasteiger partial charge < -0.3 is 0 Å². The SMILES string of the molecule is [2H]C([2H])([2H])C1(C([2H])([2H])[2H])CCc2c(C(C)=O)cc(C(C)(C)C)cc21. The van der Waals surface area contributed by atoms with E-state index in [0.717, 1.165) is 5.56 Å². The number of ketones is 1. The zero-order valence-electron chi connectivity index (χ0n) is 17.5. The molecular weight excluding hydrogens is 220 g/mol. The third-order valence-corrected chi connectivity index (χ3v) is 3.71. The normalized spacial score (nSPS) is 24.0. The average Bonchev–Trinajstić information content (AvgIpc) is 2.75. The van der Waals surface area contributed by atoms with Gasteiger partial charge in [-0.1, -0.05) is 40.5 Å². The van der Waals surface area contributed by atoms with Crippen molar-refractivity contribution in [2.24, 2.45) is 0 Å². The van der Waals surface area contributed by atoms with E-state index >= 15 is 0 Å². The molecule has 0 unspecified atom stereocenters. The molecule has 98 valence electrons. The van der Waals surface area contributed by atoms with Crippen LogP contribution < -0.4 is 0 Å². The Kier molecular flexibility index (Phi) is 1.64. The molecule has 0 fully saturated rings. The molecular formula is C17H24O. The van der Waals surface area contributed by atoms with E-state index < -0.39 is 19.1 Å². The number of hydrogen-bond acceptors (Lipinski definition) is 1. The fraction of sp³-hybridized carbons (Fsp3) is 0.588. The number of carbonyl (C=O) groups excluding carboxylic acids is 1. The molecule has 1 heteroatoms. The predicted octanol–water partition coefficient (Wildman–Crippen LogP) is 4.41. The van der Waals surface area contributed by atoms with Crippen molar-refractivity contribution in [3.05, 3.63) is 34.4 Å². The van der Waals surface area contributed by atoms with Crippen LogP contribution in [0.15, 0.2) is 12.1 Å². The highest BCUT2D eigenvalue weighted by atomic mass is 16.1. The number of Topliss-reactive ketones (excluding diaryl/α,β-unsaturated/α-hetero) is 1. The van der Waals surface area contributed by atoms with Gasteiger partial charge in [-0.15, -0.1) is 0 Å². The van der Waals surface area contributed by atoms with E-state index in [9.17, 15) is 4.79 Å². The lowest BCUT2D eigenvalue weighted by molar-refractivity contribution is 0.101. The fourth-order valence-electron chi connectivity index (χ4n) is 2.52. The van der Waals surface area contributed by atoms with Crippen LogP contribution in [0.3, 0.4) is 0 Å². The Labute approximate surface area is 119 Å². The monoisotopic (exact) mass is 250 g/mol. The summed E-state index contributed by atoms with van der Waals surface area (Å²) < 4.78 is 47.7. The van der Waals surface area contributed by atoms with E-state index in [0.29, 0.717) is 23.1 Å². The van der Waals surface area contributed by atoms with Gasteiger partial charge in [0.05, 0.1) is 0 Å². The second kappa shape index (κ2) is 3.94. The highest BCUT2D eigenvalue weighted by molar-refractivity contribution is 5.96. The van der Waals surface area contributed by atoms with Gasteiger partial charge in [-0.2, -0.15) is 0 Å². The average molecular weight is 250 g/mol. The Bertz CT molecular complexity index is 662. The maximum absolute atomic E-state index is 12.1. The van der Waals surface area contributed by atoms with Crippen molar-refractivity contribution in [3.63, 3.8) is 0 Å². The molecule has 1 aliphatic carbocycles. The highest BCUT2D eigenvalue weighted by Gasteiger charge is 2.33. The van der Waals surface area contributed by atoms with Crippen LogP contribution in [-0.2, 0) is 17.3 Å². The summed E-state index contributed by atoms with van der Waals surface area (Å²) in [4.78, 5) is 12.1. The largest absolute Gasteiger partial charge is 0.295 e. The van der Waals surface area contributed by atoms with Crippen LogP contribution in [0.1, 0.15) is 83.1 Å². The molecule has 0 amide bonds. The van der Waals surface area contributed by atoms with Crippen LogP contribution in [0.4, 0.5) is 0 Å². The number of carbonyl (C=O) groups is 1. The smallest absolute Gasteiger partial charge is 0.160 e. The van der Waals surface area contributed by atoms with Gasteiger partial charge in [-0.25, -0.2) is 0 Å². The van der Waals surface area contributed by atoms with Crippen molar-refractivity contribution >= 4 is 5.78 Å². The molecule has 0 saturated heterocycles. The van der Waals surface area contributed by atoms with Crippen molar-refractivity contribution in [1.82, 2.24) is 0 Å². The first kappa shape index (κ1) is 7.47. The van der Waals surface area contributed by atoms with Gasteiger partial charge in [0.1, 0.15) is 0 Å². The fourth-order valence-corrected chi connectivity index (χ4v) is 2.52. The summed E-state index contributed by atoms with van der Waals surface area (Å²) in [6, 6.07) is 3.49. The molecule has 18 heavy (non-hydrogen) atoms. The summed E-state index contributed by atoms with van der Waals surface area (Å²) in [6.07, 6.45) is 0.300. The third kappa shape index (κ3) is 2.11. The molecule has 2 rings (SSSR count). The van der Waals surface area contributed by atoms with Gasteiger partial charge in [-0.05, 0) is 53.4 Å². The molecule has 0 heterocycles. The number of hydrogen-bond donors (Lipinski definition) is 0. The minimum atomic E-state index is -2.67. The first-order chi connectivity index (χ1) is 10.6. The minimum Gasteiger partial charge on any atom is -0.295 e. The van der Waals surface area contributed by atoms with E-state index in [2.05, 4.69) is 0 Å². The Morgan fingerprint density at radius 3 is 2.50 bits per heavy atom. The zero-order valence-corrected chi connectivity index (χ0v) is 11.5. The lowest BCUT2D eigenvalue weighted by atomic mass is 9.79. The summed E-state index contributed by atoms with van der Waals surface area (Å²) in [5, 5.41) is 0. The lowest BCUT2D eigenvalue weighted by Crippen LogP contribution is -2.17. The van der Waals surface area contributed by atoms with E-state index in [1.165, 1.54) is 6.92 Å². The van der Waals surface area contributed by atoms with Gasteiger partial charge in [0.2, 0.25) is 0 Å². The Balaban J connectivity index is 2.91. The van der Waals surface area contributed by atoms with Crippen molar-refractivity contribution in [2.45, 2.75) is 65.1 Å². The minimum absolute atomic E-state index is 0.00318. The summed E-state index contributed by atoms with van der Waals surface area (Å²) in [6.45, 7) is 1.97. The quantitative estimate of drug-likeness (QED) is 0.675. The van der Waals surface area contributed by atoms with E-state index in [-0.39, 0.29) is 17.6 Å². The molecule has 1 aromatic rings. The van der Waals surface area contributed by atoms with Gasteiger partial charge in [-0.3, -0.25) is 4.79 Å². The maximum Gasteiger partial charge on any atom is 0.160 e. The van der Waals surface area contributed by atoms with Crippen molar-refractivity contribution in [2.75, 3.05) is 0 Å². The molecule has 1 aliphatic rings. The zero-order chi connectivity index (χ0) is 18.7. The predicted molar refractivity (Wildman–Crippen MR) is 76.5 cm³/mol. The van der Waals surface area contributed by atoms with E-state index in [1.54, 1.807) is 12.1 Å². The van der Waals surface area contributed by atoms with Gasteiger partial charge in [0.15, 0.2) is 5.78 Å². The molecule has 0 N–H and O–H groups in total. The maximum atomic E-state index is 12.1. The topological polar surface area (TPSA) is 17.1 Å². The molecule has 1 nitrogen and oxygen atoms in total. The number of fused-ring (bicyclic) bond motifs is 1. The summed E-state index contributed by atoms with van der Waals surface area (Å²) in [7, 11) is 0. The van der Waals surface area contributed by atoms with Gasteiger partial charge >= 0.3 is 0 Å². The molecule has 0 bridgehead atoms. The second-order valence-corrected chi connectivity index (χ2v) is 6.26. The van der Waals surface area contributed by atoms with Crippen molar-refractivity contribution < 1.29 is 13.0 Å². The summed E-state index contributed by atoms with van der Waals surface area (Å²) >= 11 is 0. The van der Waals surface area contributed by atoms with Crippen LogP contribution in [-0.4, -0.2) is 5.78 Å². The van der Waals surface area contributed by atoms with Crippen LogP contribution in [0.2, 0.25) is 0 Å². The molecule has 1 aromatic carbocycles. The molecule has 0 aromatic heterocycles. The molecule has 0 spiro atoms. The van der Waals surface area contributed by atoms with E-state index in [4.69, 9.17) is 8.22 Å². The molecule has 0 radical (unpaired) electrons. The van der Waals surface area contributed by atoms with E-state index in [1.807, 2.05) is 20.8 Å². The Morgan fingerprint density at radius 2 is 2.00 bits per heavy atom. The standard InChI is InChI=1S/C17H24O/c1-11(18)14-9-12(16(2,3)4)10-15-13(14)7-8-17(15,5)6/h9-10H,7-8H2,1-6H3/i5D3,6D3. The highest BCUT2D eigenvalue weighted by Crippen LogP contribution is 2.42. The number of benzene rings is 1. The van der Waals surface area contributed by atoms with Crippen LogP contribution in [0, 0.1) is 0 Å². The van der Waals surface area contributed by atoms with Gasteiger partial charge in [0.25, 0.3) is 0 Å². The lowest BCUT2D eigenvalue weighted by Gasteiger charge is -2.25. The van der Waals surface area contributed by atoms with Crippen LogP contribution in [0.5, 0.6) is 0 Å². The van der Waals surface area contributed by atoms with Gasteiger partial charge in [0, 0.05) is 13.8 Å². The van der Waals surface area contributed by atoms with Crippen molar-refractivity contribution in [1.29, 1.82) is 0 Å². The van der Waals surface area contributed by atoms with Crippen molar-refractivity contribution in [3.8, 4) is 0 Å².